The maximum atomic E-state index is 13.6. The summed E-state index contributed by atoms with van der Waals surface area (Å²) in [4.78, 5) is 0. The van der Waals surface area contributed by atoms with Gasteiger partial charge < -0.3 is 0 Å². The number of alkyl halides is 3. The van der Waals surface area contributed by atoms with Gasteiger partial charge in [0, 0.05) is 0 Å². The highest BCUT2D eigenvalue weighted by Crippen LogP contribution is 2.29. The first-order chi connectivity index (χ1) is 14.8. The van der Waals surface area contributed by atoms with Gasteiger partial charge in [-0.05, 0) is 13.8 Å². The molecule has 0 radical (unpaired) electrons. The fourth-order valence-corrected chi connectivity index (χ4v) is 4.77. The van der Waals surface area contributed by atoms with Crippen LogP contribution in [0.1, 0.15) is 49.3 Å². The van der Waals surface area contributed by atoms with E-state index in [1.54, 1.807) is 6.07 Å². The van der Waals surface area contributed by atoms with Crippen molar-refractivity contribution >= 4 is 22.5 Å². The van der Waals surface area contributed by atoms with E-state index in [-0.39, 0.29) is 0 Å². The van der Waals surface area contributed by atoms with E-state index in [9.17, 15) is 13.2 Å². The summed E-state index contributed by atoms with van der Waals surface area (Å²) in [5, 5.41) is 0. The fraction of sp³-hybridized carbons (Fsp3) is 0.333. The number of unbranched alkanes of at least 4 members (excludes halogenated alkanes) is 3. The number of rotatable bonds is 8. The molecule has 0 bridgehead atoms. The zero-order valence-electron chi connectivity index (χ0n) is 18.7. The minimum absolute atomic E-state index is 0.580. The second-order valence-electron chi connectivity index (χ2n) is 8.84. The lowest BCUT2D eigenvalue weighted by molar-refractivity contribution is -0.137. The van der Waals surface area contributed by atoms with E-state index in [1.165, 1.54) is 12.1 Å². The summed E-state index contributed by atoms with van der Waals surface area (Å²) in [5.74, 6) is 0. The average molecular weight is 423 g/mol. The van der Waals surface area contributed by atoms with Crippen molar-refractivity contribution in [3.8, 4) is 0 Å². The van der Waals surface area contributed by atoms with Gasteiger partial charge in [-0.3, -0.25) is 0 Å². The van der Waals surface area contributed by atoms with Crippen molar-refractivity contribution in [1.82, 2.24) is 0 Å². The third-order valence-corrected chi connectivity index (χ3v) is 6.57. The molecule has 0 heterocycles. The van der Waals surface area contributed by atoms with Crippen LogP contribution >= 0.6 is 0 Å². The second-order valence-corrected chi connectivity index (χ2v) is 8.84. The minimum atomic E-state index is -4.36. The molecule has 0 fully saturated rings. The first-order valence-electron chi connectivity index (χ1n) is 11.3. The van der Waals surface area contributed by atoms with Gasteiger partial charge in [-0.1, -0.05) is 117 Å². The van der Waals surface area contributed by atoms with Gasteiger partial charge in [-0.2, -0.15) is 35.9 Å². The molecule has 31 heavy (non-hydrogen) atoms. The van der Waals surface area contributed by atoms with Crippen molar-refractivity contribution in [1.29, 1.82) is 0 Å². The molecule has 0 nitrogen and oxygen atoms in total. The molecule has 0 aliphatic carbocycles. The molecule has 0 atom stereocenters. The lowest BCUT2D eigenvalue weighted by atomic mass is 9.14. The Morgan fingerprint density at radius 2 is 1.23 bits per heavy atom. The highest BCUT2D eigenvalue weighted by Gasteiger charge is 2.34. The maximum Gasteiger partial charge on any atom is 0.416 e. The zero-order chi connectivity index (χ0) is 22.5. The molecule has 0 saturated carbocycles. The van der Waals surface area contributed by atoms with Crippen molar-refractivity contribution in [3.05, 3.63) is 89.5 Å². The Kier molecular flexibility index (Phi) is 7.30. The molecular formula is C27H31BF3-. The van der Waals surface area contributed by atoms with Crippen LogP contribution in [0.5, 0.6) is 0 Å². The number of halogens is 3. The van der Waals surface area contributed by atoms with Gasteiger partial charge in [0.2, 0.25) is 0 Å². The van der Waals surface area contributed by atoms with Gasteiger partial charge in [0.15, 0.2) is 0 Å². The van der Waals surface area contributed by atoms with E-state index in [0.29, 0.717) is 0 Å². The molecule has 0 saturated heterocycles. The molecule has 0 aromatic heterocycles. The molecule has 3 rings (SSSR count). The van der Waals surface area contributed by atoms with Crippen LogP contribution in [0.4, 0.5) is 13.2 Å². The average Bonchev–Trinajstić information content (AvgIpc) is 2.75. The molecule has 0 unspecified atom stereocenters. The van der Waals surface area contributed by atoms with Crippen LogP contribution in [0, 0.1) is 13.8 Å². The summed E-state index contributed by atoms with van der Waals surface area (Å²) in [6, 6.07) is 22.7. The van der Waals surface area contributed by atoms with Gasteiger partial charge in [-0.25, -0.2) is 0 Å². The SMILES string of the molecule is CCCCCC[B-](c1ccc(C)cc1)(c1ccc(C)cc1)c1cccc(C(F)(F)F)c1. The number of hydrogen-bond acceptors (Lipinski definition) is 0. The van der Waals surface area contributed by atoms with E-state index in [1.807, 2.05) is 19.9 Å². The Morgan fingerprint density at radius 1 is 0.677 bits per heavy atom. The van der Waals surface area contributed by atoms with Crippen molar-refractivity contribution in [2.45, 2.75) is 59.0 Å². The lowest BCUT2D eigenvalue weighted by Crippen LogP contribution is -2.67. The lowest BCUT2D eigenvalue weighted by Gasteiger charge is -2.44. The predicted octanol–water partition coefficient (Wildman–Crippen LogP) is 6.37. The van der Waals surface area contributed by atoms with E-state index < -0.39 is 17.9 Å². The Labute approximate surface area is 184 Å². The molecule has 164 valence electrons. The van der Waals surface area contributed by atoms with Crippen LogP contribution in [0.25, 0.3) is 0 Å². The third-order valence-electron chi connectivity index (χ3n) is 6.57. The van der Waals surface area contributed by atoms with Gasteiger partial charge in [-0.15, -0.1) is 0 Å². The number of hydrogen-bond donors (Lipinski definition) is 0. The summed E-state index contributed by atoms with van der Waals surface area (Å²) in [7, 11) is 0. The number of aryl methyl sites for hydroxylation is 2. The largest absolute Gasteiger partial charge is 0.416 e. The van der Waals surface area contributed by atoms with Crippen molar-refractivity contribution in [3.63, 3.8) is 0 Å². The van der Waals surface area contributed by atoms with E-state index >= 15 is 0 Å². The first kappa shape index (κ1) is 23.2. The fourth-order valence-electron chi connectivity index (χ4n) is 4.77. The Balaban J connectivity index is 2.25. The molecule has 3 aromatic rings. The number of benzene rings is 3. The molecule has 4 heteroatoms. The van der Waals surface area contributed by atoms with E-state index in [4.69, 9.17) is 0 Å². The van der Waals surface area contributed by atoms with Gasteiger partial charge >= 0.3 is 6.18 Å². The van der Waals surface area contributed by atoms with Crippen molar-refractivity contribution in [2.75, 3.05) is 0 Å². The molecule has 0 aliphatic heterocycles. The second kappa shape index (κ2) is 9.76. The predicted molar refractivity (Wildman–Crippen MR) is 127 cm³/mol. The molecule has 0 spiro atoms. The Bertz CT molecular complexity index is 927. The zero-order valence-corrected chi connectivity index (χ0v) is 18.7. The van der Waals surface area contributed by atoms with Crippen molar-refractivity contribution < 1.29 is 13.2 Å². The molecule has 0 aliphatic rings. The van der Waals surface area contributed by atoms with E-state index in [0.717, 1.165) is 59.5 Å². The first-order valence-corrected chi connectivity index (χ1v) is 11.3. The van der Waals surface area contributed by atoms with Crippen LogP contribution in [-0.2, 0) is 6.18 Å². The summed E-state index contributed by atoms with van der Waals surface area (Å²) >= 11 is 0. The summed E-state index contributed by atoms with van der Waals surface area (Å²) in [6.45, 7) is 6.25. The summed E-state index contributed by atoms with van der Waals surface area (Å²) in [6.07, 6.45) is -0.746. The molecular weight excluding hydrogens is 392 g/mol. The smallest absolute Gasteiger partial charge is 0.200 e. The Hall–Kier alpha value is -2.49. The standard InChI is InChI=1S/C27H31BF3/c1-4-5-6-7-19-28(24-15-11-21(2)12-16-24,25-17-13-22(3)14-18-25)26-10-8-9-23(20-26)27(29,30)31/h8-18,20H,4-7,19H2,1-3H3/q-1. The quantitative estimate of drug-likeness (QED) is 0.292. The summed E-state index contributed by atoms with van der Waals surface area (Å²) < 4.78 is 40.9. The van der Waals surface area contributed by atoms with Crippen LogP contribution in [-0.4, -0.2) is 6.15 Å². The highest BCUT2D eigenvalue weighted by atomic mass is 19.4. The molecule has 0 N–H and O–H groups in total. The molecule has 0 amide bonds. The van der Waals surface area contributed by atoms with Gasteiger partial charge in [0.25, 0.3) is 0 Å². The van der Waals surface area contributed by atoms with Crippen LogP contribution in [0.15, 0.2) is 72.8 Å². The molecule has 3 aromatic carbocycles. The maximum absolute atomic E-state index is 13.6. The minimum Gasteiger partial charge on any atom is -0.200 e. The van der Waals surface area contributed by atoms with Crippen LogP contribution in [0.3, 0.4) is 0 Å². The summed E-state index contributed by atoms with van der Waals surface area (Å²) in [5.41, 5.74) is 4.68. The highest BCUT2D eigenvalue weighted by molar-refractivity contribution is 7.11. The van der Waals surface area contributed by atoms with Gasteiger partial charge in [0.1, 0.15) is 0 Å². The topological polar surface area (TPSA) is 0 Å². The van der Waals surface area contributed by atoms with Crippen LogP contribution in [0.2, 0.25) is 6.32 Å². The normalized spacial score (nSPS) is 12.2. The monoisotopic (exact) mass is 423 g/mol. The Morgan fingerprint density at radius 3 is 1.71 bits per heavy atom. The third kappa shape index (κ3) is 5.23. The van der Waals surface area contributed by atoms with Crippen molar-refractivity contribution in [2.24, 2.45) is 0 Å². The van der Waals surface area contributed by atoms with Crippen LogP contribution < -0.4 is 16.4 Å². The van der Waals surface area contributed by atoms with Gasteiger partial charge in [0.05, 0.1) is 11.7 Å². The van der Waals surface area contributed by atoms with E-state index in [2.05, 4.69) is 55.5 Å².